The molecule has 0 N–H and O–H groups in total. The molecule has 0 fully saturated rings. The third kappa shape index (κ3) is 3.67. The lowest BCUT2D eigenvalue weighted by Gasteiger charge is -2.01. The summed E-state index contributed by atoms with van der Waals surface area (Å²) in [5.41, 5.74) is 2.36. The number of fused-ring (bicyclic) bond motifs is 1. The van der Waals surface area contributed by atoms with E-state index in [1.807, 2.05) is 41.8 Å². The van der Waals surface area contributed by atoms with Crippen molar-refractivity contribution >= 4 is 57.3 Å². The SMILES string of the molecule is O=c1oc2ccccc2cc1-c1csc(SCc2ccc(Cl)c(Cl)c2)n1. The number of benzene rings is 2. The quantitative estimate of drug-likeness (QED) is 0.279. The minimum atomic E-state index is -0.380. The summed E-state index contributed by atoms with van der Waals surface area (Å²) in [7, 11) is 0. The molecule has 4 aromatic rings. The Kier molecular flexibility index (Phi) is 5.05. The summed E-state index contributed by atoms with van der Waals surface area (Å²) >= 11 is 15.1. The molecule has 0 aliphatic carbocycles. The Morgan fingerprint density at radius 2 is 1.92 bits per heavy atom. The smallest absolute Gasteiger partial charge is 0.345 e. The summed E-state index contributed by atoms with van der Waals surface area (Å²) in [6.45, 7) is 0. The van der Waals surface area contributed by atoms with Crippen molar-refractivity contribution in [2.45, 2.75) is 10.1 Å². The van der Waals surface area contributed by atoms with Crippen LogP contribution in [-0.2, 0) is 5.75 Å². The second-order valence-corrected chi connectivity index (χ2v) is 8.42. The molecular weight excluding hydrogens is 409 g/mol. The zero-order valence-electron chi connectivity index (χ0n) is 13.2. The van der Waals surface area contributed by atoms with Crippen molar-refractivity contribution in [3.63, 3.8) is 0 Å². The average Bonchev–Trinajstić information content (AvgIpc) is 3.11. The van der Waals surface area contributed by atoms with Gasteiger partial charge in [-0.05, 0) is 29.8 Å². The average molecular weight is 420 g/mol. The molecule has 0 radical (unpaired) electrons. The van der Waals surface area contributed by atoms with Gasteiger partial charge in [0.25, 0.3) is 0 Å². The van der Waals surface area contributed by atoms with Crippen LogP contribution in [0.1, 0.15) is 5.56 Å². The molecule has 3 nitrogen and oxygen atoms in total. The number of rotatable bonds is 4. The molecular formula is C19H11Cl2NO2S2. The van der Waals surface area contributed by atoms with Crippen LogP contribution in [0.2, 0.25) is 10.0 Å². The van der Waals surface area contributed by atoms with Crippen LogP contribution in [0, 0.1) is 0 Å². The molecule has 0 saturated heterocycles. The highest BCUT2D eigenvalue weighted by Gasteiger charge is 2.12. The molecule has 0 amide bonds. The number of para-hydroxylation sites is 1. The number of nitrogens with zero attached hydrogens (tertiary/aromatic N) is 1. The molecule has 2 aromatic heterocycles. The Labute approximate surface area is 167 Å². The summed E-state index contributed by atoms with van der Waals surface area (Å²) < 4.78 is 6.26. The van der Waals surface area contributed by atoms with Crippen molar-refractivity contribution < 1.29 is 4.42 Å². The molecule has 0 spiro atoms. The van der Waals surface area contributed by atoms with Gasteiger partial charge in [-0.1, -0.05) is 59.2 Å². The molecule has 130 valence electrons. The molecule has 2 aromatic carbocycles. The molecule has 0 atom stereocenters. The normalized spacial score (nSPS) is 11.2. The fourth-order valence-electron chi connectivity index (χ4n) is 2.46. The third-order valence-corrected chi connectivity index (χ3v) is 6.58. The Balaban J connectivity index is 1.57. The lowest BCUT2D eigenvalue weighted by atomic mass is 10.1. The standard InChI is InChI=1S/C19H11Cl2NO2S2/c20-14-6-5-11(7-15(14)21)9-25-19-22-16(10-26-19)13-8-12-3-1-2-4-17(12)24-18(13)23/h1-8,10H,9H2. The molecule has 0 aliphatic heterocycles. The van der Waals surface area contributed by atoms with Gasteiger partial charge in [0.2, 0.25) is 0 Å². The van der Waals surface area contributed by atoms with Crippen molar-refractivity contribution in [2.24, 2.45) is 0 Å². The number of aromatic nitrogens is 1. The first-order chi connectivity index (χ1) is 12.6. The van der Waals surface area contributed by atoms with E-state index in [-0.39, 0.29) is 5.63 Å². The van der Waals surface area contributed by atoms with E-state index >= 15 is 0 Å². The maximum atomic E-state index is 12.3. The van der Waals surface area contributed by atoms with Gasteiger partial charge in [-0.2, -0.15) is 0 Å². The van der Waals surface area contributed by atoms with Gasteiger partial charge >= 0.3 is 5.63 Å². The zero-order valence-corrected chi connectivity index (χ0v) is 16.4. The second kappa shape index (κ2) is 7.45. The van der Waals surface area contributed by atoms with Gasteiger partial charge in [0.15, 0.2) is 4.34 Å². The molecule has 0 unspecified atom stereocenters. The second-order valence-electron chi connectivity index (χ2n) is 5.52. The number of hydrogen-bond acceptors (Lipinski definition) is 5. The Hall–Kier alpha value is -1.79. The lowest BCUT2D eigenvalue weighted by Crippen LogP contribution is -2.02. The summed E-state index contributed by atoms with van der Waals surface area (Å²) in [4.78, 5) is 16.8. The van der Waals surface area contributed by atoms with Gasteiger partial charge in [0, 0.05) is 16.5 Å². The fraction of sp³-hybridized carbons (Fsp3) is 0.0526. The third-order valence-electron chi connectivity index (χ3n) is 3.75. The number of thiazole rings is 1. The van der Waals surface area contributed by atoms with E-state index in [0.29, 0.717) is 26.9 Å². The van der Waals surface area contributed by atoms with Gasteiger partial charge in [-0.15, -0.1) is 11.3 Å². The largest absolute Gasteiger partial charge is 0.422 e. The van der Waals surface area contributed by atoms with Crippen LogP contribution in [0.25, 0.3) is 22.2 Å². The maximum Gasteiger partial charge on any atom is 0.345 e. The van der Waals surface area contributed by atoms with Crippen molar-refractivity contribution in [1.82, 2.24) is 4.98 Å². The molecule has 4 rings (SSSR count). The van der Waals surface area contributed by atoms with E-state index in [1.54, 1.807) is 23.9 Å². The number of halogens is 2. The van der Waals surface area contributed by atoms with Gasteiger partial charge in [-0.25, -0.2) is 9.78 Å². The molecule has 0 saturated carbocycles. The molecule has 7 heteroatoms. The van der Waals surface area contributed by atoms with Gasteiger partial charge < -0.3 is 4.42 Å². The number of hydrogen-bond donors (Lipinski definition) is 0. The van der Waals surface area contributed by atoms with Crippen molar-refractivity contribution in [2.75, 3.05) is 0 Å². The van der Waals surface area contributed by atoms with E-state index in [1.165, 1.54) is 11.3 Å². The van der Waals surface area contributed by atoms with Crippen LogP contribution >= 0.6 is 46.3 Å². The fourth-order valence-corrected chi connectivity index (χ4v) is 4.55. The molecule has 26 heavy (non-hydrogen) atoms. The summed E-state index contributed by atoms with van der Waals surface area (Å²) in [6.07, 6.45) is 0. The molecule has 2 heterocycles. The van der Waals surface area contributed by atoms with Crippen LogP contribution in [-0.4, -0.2) is 4.98 Å². The first-order valence-corrected chi connectivity index (χ1v) is 10.3. The van der Waals surface area contributed by atoms with E-state index < -0.39 is 0 Å². The highest BCUT2D eigenvalue weighted by Crippen LogP contribution is 2.31. The van der Waals surface area contributed by atoms with Crippen LogP contribution in [0.3, 0.4) is 0 Å². The summed E-state index contributed by atoms with van der Waals surface area (Å²) in [6, 6.07) is 14.8. The van der Waals surface area contributed by atoms with E-state index in [9.17, 15) is 4.79 Å². The highest BCUT2D eigenvalue weighted by molar-refractivity contribution is 8.00. The number of thioether (sulfide) groups is 1. The van der Waals surface area contributed by atoms with Crippen molar-refractivity contribution in [1.29, 1.82) is 0 Å². The highest BCUT2D eigenvalue weighted by atomic mass is 35.5. The van der Waals surface area contributed by atoms with Crippen molar-refractivity contribution in [3.8, 4) is 11.3 Å². The van der Waals surface area contributed by atoms with E-state index in [0.717, 1.165) is 21.0 Å². The van der Waals surface area contributed by atoms with Crippen LogP contribution in [0.4, 0.5) is 0 Å². The Morgan fingerprint density at radius 1 is 1.08 bits per heavy atom. The first kappa shape index (κ1) is 17.6. The topological polar surface area (TPSA) is 43.1 Å². The Bertz CT molecular complexity index is 1150. The Morgan fingerprint density at radius 3 is 2.77 bits per heavy atom. The summed E-state index contributed by atoms with van der Waals surface area (Å²) in [5, 5.41) is 3.83. The van der Waals surface area contributed by atoms with Gasteiger partial charge in [-0.3, -0.25) is 0 Å². The van der Waals surface area contributed by atoms with Crippen molar-refractivity contribution in [3.05, 3.63) is 79.9 Å². The first-order valence-electron chi connectivity index (χ1n) is 7.66. The monoisotopic (exact) mass is 419 g/mol. The minimum Gasteiger partial charge on any atom is -0.422 e. The molecule has 0 bridgehead atoms. The van der Waals surface area contributed by atoms with E-state index in [2.05, 4.69) is 4.98 Å². The lowest BCUT2D eigenvalue weighted by molar-refractivity contribution is 0.563. The van der Waals surface area contributed by atoms with Crippen LogP contribution in [0.5, 0.6) is 0 Å². The van der Waals surface area contributed by atoms with Crippen LogP contribution in [0.15, 0.2) is 67.5 Å². The molecule has 0 aliphatic rings. The van der Waals surface area contributed by atoms with Crippen LogP contribution < -0.4 is 5.63 Å². The zero-order chi connectivity index (χ0) is 18.1. The maximum absolute atomic E-state index is 12.3. The summed E-state index contributed by atoms with van der Waals surface area (Å²) in [5.74, 6) is 0.718. The van der Waals surface area contributed by atoms with Gasteiger partial charge in [0.1, 0.15) is 5.58 Å². The minimum absolute atomic E-state index is 0.380. The predicted octanol–water partition coefficient (Wildman–Crippen LogP) is 6.52. The predicted molar refractivity (Wildman–Crippen MR) is 110 cm³/mol. The van der Waals surface area contributed by atoms with Gasteiger partial charge in [0.05, 0.1) is 21.3 Å². The van der Waals surface area contributed by atoms with E-state index in [4.69, 9.17) is 27.6 Å².